The molecule has 0 atom stereocenters. The number of anilines is 1. The number of ether oxygens (including phenoxy) is 1. The van der Waals surface area contributed by atoms with Crippen LogP contribution in [0.2, 0.25) is 5.02 Å². The van der Waals surface area contributed by atoms with Crippen molar-refractivity contribution in [2.24, 2.45) is 5.92 Å². The molecule has 220 valence electrons. The summed E-state index contributed by atoms with van der Waals surface area (Å²) in [5, 5.41) is 2.65. The number of hydrogen-bond donors (Lipinski definition) is 1. The van der Waals surface area contributed by atoms with Gasteiger partial charge in [0.2, 0.25) is 5.91 Å². The van der Waals surface area contributed by atoms with Crippen molar-refractivity contribution in [3.63, 3.8) is 0 Å². The number of likely N-dealkylation sites (tertiary alicyclic amines) is 1. The van der Waals surface area contributed by atoms with Crippen LogP contribution in [0.4, 0.5) is 15.3 Å². The van der Waals surface area contributed by atoms with Crippen LogP contribution in [0.15, 0.2) is 18.2 Å². The number of hydrogen-bond acceptors (Lipinski definition) is 6. The van der Waals surface area contributed by atoms with E-state index in [1.54, 1.807) is 18.2 Å². The number of unbranched alkanes of at least 4 members (excludes halogenated alkanes) is 1. The molecule has 0 spiro atoms. The summed E-state index contributed by atoms with van der Waals surface area (Å²) in [5.74, 6) is 0.265. The highest BCUT2D eigenvalue weighted by molar-refractivity contribution is 6.34. The number of benzene rings is 1. The third kappa shape index (κ3) is 8.10. The first kappa shape index (κ1) is 30.1. The Morgan fingerprint density at radius 1 is 0.975 bits per heavy atom. The number of carbonyl (C=O) groups is 4. The van der Waals surface area contributed by atoms with Gasteiger partial charge in [-0.1, -0.05) is 24.4 Å². The molecule has 1 aromatic carbocycles. The number of halogens is 1. The fourth-order valence-electron chi connectivity index (χ4n) is 5.50. The Hall–Kier alpha value is -2.85. The topological polar surface area (TPSA) is 102 Å². The summed E-state index contributed by atoms with van der Waals surface area (Å²) in [7, 11) is 0. The third-order valence-electron chi connectivity index (χ3n) is 7.80. The van der Waals surface area contributed by atoms with E-state index in [4.69, 9.17) is 16.3 Å². The van der Waals surface area contributed by atoms with Gasteiger partial charge in [-0.25, -0.2) is 9.59 Å². The number of imide groups is 1. The predicted octanol–water partition coefficient (Wildman–Crippen LogP) is 4.36. The van der Waals surface area contributed by atoms with Gasteiger partial charge in [0.05, 0.1) is 10.7 Å². The molecule has 0 unspecified atom stereocenters. The molecule has 0 aromatic heterocycles. The molecule has 3 aliphatic heterocycles. The number of nitrogens with one attached hydrogen (secondary N) is 1. The fraction of sp³-hybridized carbons (Fsp3) is 0.655. The minimum atomic E-state index is -0.525. The quantitative estimate of drug-likeness (QED) is 0.485. The van der Waals surface area contributed by atoms with E-state index in [0.717, 1.165) is 52.0 Å². The summed E-state index contributed by atoms with van der Waals surface area (Å²) in [6, 6.07) is 4.43. The second-order valence-corrected chi connectivity index (χ2v) is 12.4. The van der Waals surface area contributed by atoms with E-state index in [-0.39, 0.29) is 30.9 Å². The Bertz CT molecular complexity index is 1090. The van der Waals surface area contributed by atoms with Gasteiger partial charge >= 0.3 is 12.1 Å². The zero-order valence-corrected chi connectivity index (χ0v) is 24.7. The molecule has 3 heterocycles. The number of carbonyl (C=O) groups excluding carboxylic acids is 4. The molecular formula is C29H42ClN5O5. The average Bonchev–Trinajstić information content (AvgIpc) is 2.91. The van der Waals surface area contributed by atoms with Crippen molar-refractivity contribution < 1.29 is 23.9 Å². The number of piperazine rings is 1. The molecule has 5 amide bonds. The van der Waals surface area contributed by atoms with Gasteiger partial charge in [0.15, 0.2) is 0 Å². The number of urea groups is 1. The molecule has 0 aliphatic carbocycles. The smallest absolute Gasteiger partial charge is 0.410 e. The molecule has 1 N–H and O–H groups in total. The van der Waals surface area contributed by atoms with E-state index < -0.39 is 11.6 Å². The Balaban J connectivity index is 1.16. The summed E-state index contributed by atoms with van der Waals surface area (Å²) in [5.41, 5.74) is 0.462. The van der Waals surface area contributed by atoms with Crippen molar-refractivity contribution in [1.82, 2.24) is 20.0 Å². The number of rotatable bonds is 7. The molecular weight excluding hydrogens is 534 g/mol. The zero-order chi connectivity index (χ0) is 28.9. The van der Waals surface area contributed by atoms with Crippen LogP contribution in [-0.4, -0.2) is 96.6 Å². The number of amides is 5. The van der Waals surface area contributed by atoms with Crippen LogP contribution >= 0.6 is 11.6 Å². The SMILES string of the molecule is CC(C)(C)OC(=O)N1CCC(CCCCN2CCN(C(=O)c3ccc(Cl)c(N4CCC(=O)NC4=O)c3)CC2)CC1. The summed E-state index contributed by atoms with van der Waals surface area (Å²) in [6.45, 7) is 11.5. The fourth-order valence-corrected chi connectivity index (χ4v) is 5.72. The van der Waals surface area contributed by atoms with Crippen LogP contribution in [0.1, 0.15) is 69.7 Å². The van der Waals surface area contributed by atoms with Crippen LogP contribution < -0.4 is 10.2 Å². The highest BCUT2D eigenvalue weighted by Crippen LogP contribution is 2.29. The van der Waals surface area contributed by atoms with Gasteiger partial charge < -0.3 is 14.5 Å². The molecule has 40 heavy (non-hydrogen) atoms. The van der Waals surface area contributed by atoms with Crippen LogP contribution in [0, 0.1) is 5.92 Å². The van der Waals surface area contributed by atoms with Crippen molar-refractivity contribution in [1.29, 1.82) is 0 Å². The summed E-state index contributed by atoms with van der Waals surface area (Å²) >= 11 is 6.33. The van der Waals surface area contributed by atoms with Gasteiger partial charge in [0, 0.05) is 57.8 Å². The lowest BCUT2D eigenvalue weighted by Gasteiger charge is -2.35. The largest absolute Gasteiger partial charge is 0.444 e. The molecule has 0 bridgehead atoms. The molecule has 10 nitrogen and oxygen atoms in total. The first-order chi connectivity index (χ1) is 19.0. The van der Waals surface area contributed by atoms with E-state index in [1.165, 1.54) is 17.7 Å². The first-order valence-corrected chi connectivity index (χ1v) is 14.8. The minimum absolute atomic E-state index is 0.0798. The van der Waals surface area contributed by atoms with Gasteiger partial charge in [-0.15, -0.1) is 0 Å². The van der Waals surface area contributed by atoms with Crippen molar-refractivity contribution in [2.45, 2.75) is 64.9 Å². The van der Waals surface area contributed by atoms with E-state index in [2.05, 4.69) is 10.2 Å². The minimum Gasteiger partial charge on any atom is -0.444 e. The Morgan fingerprint density at radius 3 is 2.33 bits per heavy atom. The third-order valence-corrected chi connectivity index (χ3v) is 8.12. The molecule has 3 saturated heterocycles. The van der Waals surface area contributed by atoms with E-state index >= 15 is 0 Å². The van der Waals surface area contributed by atoms with E-state index in [1.807, 2.05) is 30.6 Å². The van der Waals surface area contributed by atoms with Gasteiger partial charge in [-0.05, 0) is 70.7 Å². The Kier molecular flexibility index (Phi) is 9.94. The maximum Gasteiger partial charge on any atom is 0.410 e. The number of piperidine rings is 1. The lowest BCUT2D eigenvalue weighted by Crippen LogP contribution is -2.50. The maximum absolute atomic E-state index is 13.2. The Morgan fingerprint density at radius 2 is 1.68 bits per heavy atom. The normalized spacial score (nSPS) is 19.6. The zero-order valence-electron chi connectivity index (χ0n) is 23.9. The second-order valence-electron chi connectivity index (χ2n) is 12.0. The molecule has 4 rings (SSSR count). The van der Waals surface area contributed by atoms with Gasteiger partial charge in [0.1, 0.15) is 5.60 Å². The van der Waals surface area contributed by atoms with Gasteiger partial charge in [-0.3, -0.25) is 24.7 Å². The summed E-state index contributed by atoms with van der Waals surface area (Å²) < 4.78 is 5.49. The number of nitrogens with zero attached hydrogens (tertiary/aromatic N) is 4. The Labute approximate surface area is 241 Å². The molecule has 1 aromatic rings. The molecule has 11 heteroatoms. The van der Waals surface area contributed by atoms with Crippen LogP contribution in [0.25, 0.3) is 0 Å². The van der Waals surface area contributed by atoms with Gasteiger partial charge in [0.25, 0.3) is 5.91 Å². The summed E-state index contributed by atoms with van der Waals surface area (Å²) in [6.07, 6.45) is 5.53. The van der Waals surface area contributed by atoms with Crippen molar-refractivity contribution in [3.05, 3.63) is 28.8 Å². The highest BCUT2D eigenvalue weighted by atomic mass is 35.5. The van der Waals surface area contributed by atoms with Crippen molar-refractivity contribution in [3.8, 4) is 0 Å². The van der Waals surface area contributed by atoms with Crippen molar-refractivity contribution in [2.75, 3.05) is 57.3 Å². The lowest BCUT2D eigenvalue weighted by molar-refractivity contribution is -0.120. The van der Waals surface area contributed by atoms with Crippen LogP contribution in [-0.2, 0) is 9.53 Å². The van der Waals surface area contributed by atoms with Crippen molar-refractivity contribution >= 4 is 41.2 Å². The predicted molar refractivity (Wildman–Crippen MR) is 154 cm³/mol. The monoisotopic (exact) mass is 575 g/mol. The first-order valence-electron chi connectivity index (χ1n) is 14.4. The molecule has 0 saturated carbocycles. The molecule has 3 aliphatic rings. The van der Waals surface area contributed by atoms with Crippen LogP contribution in [0.3, 0.4) is 0 Å². The molecule has 0 radical (unpaired) electrons. The lowest BCUT2D eigenvalue weighted by atomic mass is 9.91. The van der Waals surface area contributed by atoms with Crippen LogP contribution in [0.5, 0.6) is 0 Å². The summed E-state index contributed by atoms with van der Waals surface area (Å²) in [4.78, 5) is 56.7. The molecule has 3 fully saturated rings. The highest BCUT2D eigenvalue weighted by Gasteiger charge is 2.29. The van der Waals surface area contributed by atoms with E-state index in [9.17, 15) is 19.2 Å². The van der Waals surface area contributed by atoms with E-state index in [0.29, 0.717) is 35.3 Å². The second kappa shape index (κ2) is 13.2. The van der Waals surface area contributed by atoms with Gasteiger partial charge in [-0.2, -0.15) is 0 Å². The standard InChI is InChI=1S/C29H42ClN5O5/c1-29(2,3)40-28(39)34-13-9-21(10-14-34)6-4-5-12-32-16-18-33(19-17-32)26(37)22-7-8-23(30)24(20-22)35-15-11-25(36)31-27(35)38/h7-8,20-21H,4-6,9-19H2,1-3H3,(H,31,36,38). The maximum atomic E-state index is 13.2. The average molecular weight is 576 g/mol.